The van der Waals surface area contributed by atoms with Crippen LogP contribution in [0.1, 0.15) is 24.9 Å². The third kappa shape index (κ3) is 4.13. The quantitative estimate of drug-likeness (QED) is 0.495. The van der Waals surface area contributed by atoms with Crippen LogP contribution in [0.15, 0.2) is 0 Å². The third-order valence-corrected chi connectivity index (χ3v) is 3.80. The molecule has 0 aliphatic rings. The molecule has 120 valence electrons. The Bertz CT molecular complexity index is 604. The summed E-state index contributed by atoms with van der Waals surface area (Å²) >= 11 is 0. The second-order valence-corrected chi connectivity index (χ2v) is 6.77. The molecule has 0 saturated heterocycles. The highest BCUT2D eigenvalue weighted by molar-refractivity contribution is 7.90. The molecule has 0 aromatic heterocycles. The molecule has 1 atom stereocenters. The Morgan fingerprint density at radius 1 is 0.952 bits per heavy atom. The van der Waals surface area contributed by atoms with Crippen LogP contribution in [-0.2, 0) is 9.84 Å². The van der Waals surface area contributed by atoms with Crippen LogP contribution >= 0.6 is 0 Å². The van der Waals surface area contributed by atoms with Crippen LogP contribution in [0.5, 0.6) is 0 Å². The molecule has 0 aliphatic heterocycles. The zero-order valence-corrected chi connectivity index (χ0v) is 12.1. The van der Waals surface area contributed by atoms with Gasteiger partial charge in [-0.1, -0.05) is 6.92 Å². The maximum Gasteiger partial charge on any atom is 0.200 e. The van der Waals surface area contributed by atoms with E-state index in [9.17, 15) is 30.4 Å². The molecule has 1 rings (SSSR count). The van der Waals surface area contributed by atoms with Crippen LogP contribution in [0.3, 0.4) is 0 Å². The van der Waals surface area contributed by atoms with E-state index in [4.69, 9.17) is 0 Å². The first kappa shape index (κ1) is 17.8. The van der Waals surface area contributed by atoms with Gasteiger partial charge in [-0.15, -0.1) is 0 Å². The SMILES string of the molecule is CCNC(CCS(C)(=O)=O)c1c(F)c(F)c(F)c(F)c1F. The molecule has 1 N–H and O–H groups in total. The van der Waals surface area contributed by atoms with E-state index in [0.29, 0.717) is 0 Å². The first-order chi connectivity index (χ1) is 9.60. The van der Waals surface area contributed by atoms with Crippen LogP contribution in [-0.4, -0.2) is 27.0 Å². The highest BCUT2D eigenvalue weighted by atomic mass is 32.2. The molecule has 0 aliphatic carbocycles. The van der Waals surface area contributed by atoms with Crippen molar-refractivity contribution in [1.82, 2.24) is 5.32 Å². The van der Waals surface area contributed by atoms with Gasteiger partial charge in [-0.3, -0.25) is 0 Å². The zero-order chi connectivity index (χ0) is 16.4. The van der Waals surface area contributed by atoms with Gasteiger partial charge in [0.25, 0.3) is 0 Å². The summed E-state index contributed by atoms with van der Waals surface area (Å²) in [4.78, 5) is 0. The Morgan fingerprint density at radius 3 is 1.76 bits per heavy atom. The van der Waals surface area contributed by atoms with Crippen LogP contribution in [0.4, 0.5) is 22.0 Å². The summed E-state index contributed by atoms with van der Waals surface area (Å²) in [5, 5.41) is 2.53. The monoisotopic (exact) mass is 331 g/mol. The fourth-order valence-corrected chi connectivity index (χ4v) is 2.52. The molecule has 0 fully saturated rings. The summed E-state index contributed by atoms with van der Waals surface area (Å²) in [7, 11) is -3.45. The lowest BCUT2D eigenvalue weighted by atomic mass is 10.0. The molecule has 1 aromatic rings. The van der Waals surface area contributed by atoms with Gasteiger partial charge in [0.15, 0.2) is 23.3 Å². The van der Waals surface area contributed by atoms with Crippen LogP contribution < -0.4 is 5.32 Å². The maximum absolute atomic E-state index is 13.7. The first-order valence-electron chi connectivity index (χ1n) is 6.02. The normalized spacial score (nSPS) is 13.5. The molecule has 1 aromatic carbocycles. The second kappa shape index (κ2) is 6.69. The molecule has 0 saturated carbocycles. The van der Waals surface area contributed by atoms with Crippen LogP contribution in [0.2, 0.25) is 0 Å². The van der Waals surface area contributed by atoms with E-state index in [1.54, 1.807) is 6.92 Å². The smallest absolute Gasteiger partial charge is 0.200 e. The minimum atomic E-state index is -3.45. The van der Waals surface area contributed by atoms with E-state index in [0.717, 1.165) is 6.26 Å². The van der Waals surface area contributed by atoms with E-state index in [2.05, 4.69) is 5.32 Å². The van der Waals surface area contributed by atoms with Crippen molar-refractivity contribution in [2.24, 2.45) is 0 Å². The number of hydrogen-bond donors (Lipinski definition) is 1. The van der Waals surface area contributed by atoms with Gasteiger partial charge in [0, 0.05) is 17.9 Å². The van der Waals surface area contributed by atoms with Gasteiger partial charge in [0.2, 0.25) is 5.82 Å². The molecule has 0 bridgehead atoms. The van der Waals surface area contributed by atoms with Gasteiger partial charge >= 0.3 is 0 Å². The standard InChI is InChI=1S/C12H14F5NO2S/c1-3-18-6(4-5-21(2,19)20)7-8(13)10(15)12(17)11(16)9(7)14/h6,18H,3-5H2,1-2H3. The predicted molar refractivity (Wildman–Crippen MR) is 67.0 cm³/mol. The van der Waals surface area contributed by atoms with Gasteiger partial charge in [0.05, 0.1) is 5.75 Å². The molecule has 0 spiro atoms. The van der Waals surface area contributed by atoms with Gasteiger partial charge in [0.1, 0.15) is 9.84 Å². The molecular formula is C12H14F5NO2S. The molecule has 9 heteroatoms. The second-order valence-electron chi connectivity index (χ2n) is 4.51. The van der Waals surface area contributed by atoms with Crippen molar-refractivity contribution in [3.63, 3.8) is 0 Å². The minimum absolute atomic E-state index is 0.161. The van der Waals surface area contributed by atoms with E-state index in [-0.39, 0.29) is 13.0 Å². The van der Waals surface area contributed by atoms with Crippen molar-refractivity contribution in [2.75, 3.05) is 18.6 Å². The average molecular weight is 331 g/mol. The van der Waals surface area contributed by atoms with Crippen molar-refractivity contribution in [3.8, 4) is 0 Å². The number of halogens is 5. The highest BCUT2D eigenvalue weighted by Crippen LogP contribution is 2.29. The highest BCUT2D eigenvalue weighted by Gasteiger charge is 2.30. The van der Waals surface area contributed by atoms with Crippen LogP contribution in [0.25, 0.3) is 0 Å². The third-order valence-electron chi connectivity index (χ3n) is 2.82. The largest absolute Gasteiger partial charge is 0.310 e. The predicted octanol–water partition coefficient (Wildman–Crippen LogP) is 2.47. The summed E-state index contributed by atoms with van der Waals surface area (Å²) in [6, 6.07) is -1.30. The van der Waals surface area contributed by atoms with Gasteiger partial charge < -0.3 is 5.32 Å². The van der Waals surface area contributed by atoms with Gasteiger partial charge in [-0.2, -0.15) is 0 Å². The Labute approximate surface area is 119 Å². The summed E-state index contributed by atoms with van der Waals surface area (Å²) in [5.41, 5.74) is -1.04. The van der Waals surface area contributed by atoms with Gasteiger partial charge in [-0.05, 0) is 13.0 Å². The van der Waals surface area contributed by atoms with Gasteiger partial charge in [-0.25, -0.2) is 30.4 Å². The summed E-state index contributed by atoms with van der Waals surface area (Å²) in [6.07, 6.45) is 0.597. The maximum atomic E-state index is 13.7. The summed E-state index contributed by atoms with van der Waals surface area (Å²) in [5.74, 6) is -10.7. The van der Waals surface area contributed by atoms with Crippen molar-refractivity contribution in [1.29, 1.82) is 0 Å². The Balaban J connectivity index is 3.31. The lowest BCUT2D eigenvalue weighted by molar-refractivity contribution is 0.355. The van der Waals surface area contributed by atoms with E-state index in [1.165, 1.54) is 0 Å². The number of benzene rings is 1. The number of rotatable bonds is 6. The van der Waals surface area contributed by atoms with Crippen LogP contribution in [0, 0.1) is 29.1 Å². The zero-order valence-electron chi connectivity index (χ0n) is 11.3. The Morgan fingerprint density at radius 2 is 1.38 bits per heavy atom. The van der Waals surface area contributed by atoms with E-state index >= 15 is 0 Å². The molecule has 21 heavy (non-hydrogen) atoms. The number of nitrogens with one attached hydrogen (secondary N) is 1. The number of sulfone groups is 1. The first-order valence-corrected chi connectivity index (χ1v) is 8.08. The molecule has 0 amide bonds. The summed E-state index contributed by atoms with van der Waals surface area (Å²) < 4.78 is 88.9. The van der Waals surface area contributed by atoms with E-state index < -0.39 is 56.3 Å². The fourth-order valence-electron chi connectivity index (χ4n) is 1.85. The topological polar surface area (TPSA) is 46.2 Å². The summed E-state index contributed by atoms with van der Waals surface area (Å²) in [6.45, 7) is 1.72. The van der Waals surface area contributed by atoms with Crippen molar-refractivity contribution in [3.05, 3.63) is 34.6 Å². The Kier molecular flexibility index (Phi) is 5.68. The lowest BCUT2D eigenvalue weighted by Crippen LogP contribution is -2.26. The van der Waals surface area contributed by atoms with Crippen molar-refractivity contribution in [2.45, 2.75) is 19.4 Å². The fraction of sp³-hybridized carbons (Fsp3) is 0.500. The molecule has 0 radical (unpaired) electrons. The lowest BCUT2D eigenvalue weighted by Gasteiger charge is -2.20. The molecular weight excluding hydrogens is 317 g/mol. The molecule has 0 heterocycles. The Hall–Kier alpha value is -1.22. The molecule has 1 unspecified atom stereocenters. The average Bonchev–Trinajstić information content (AvgIpc) is 2.39. The number of hydrogen-bond acceptors (Lipinski definition) is 3. The van der Waals surface area contributed by atoms with Crippen molar-refractivity contribution < 1.29 is 30.4 Å². The minimum Gasteiger partial charge on any atom is -0.310 e. The van der Waals surface area contributed by atoms with Crippen molar-refractivity contribution >= 4 is 9.84 Å². The molecule has 3 nitrogen and oxygen atoms in total. The van der Waals surface area contributed by atoms with E-state index in [1.807, 2.05) is 0 Å².